The van der Waals surface area contributed by atoms with Crippen molar-refractivity contribution >= 4 is 11.4 Å². The first-order valence-corrected chi connectivity index (χ1v) is 8.54. The average Bonchev–Trinajstić information content (AvgIpc) is 2.63. The minimum Gasteiger partial charge on any atom is -0.495 e. The van der Waals surface area contributed by atoms with Gasteiger partial charge in [-0.15, -0.1) is 0 Å². The highest BCUT2D eigenvalue weighted by Crippen LogP contribution is 2.28. The Balaban J connectivity index is 1.57. The van der Waals surface area contributed by atoms with Gasteiger partial charge in [-0.25, -0.2) is 0 Å². The first kappa shape index (κ1) is 16.7. The second-order valence-electron chi connectivity index (χ2n) is 6.50. The summed E-state index contributed by atoms with van der Waals surface area (Å²) in [7, 11) is 5.89. The predicted molar refractivity (Wildman–Crippen MR) is 101 cm³/mol. The van der Waals surface area contributed by atoms with Gasteiger partial charge in [0.15, 0.2) is 0 Å². The third kappa shape index (κ3) is 3.82. The zero-order valence-electron chi connectivity index (χ0n) is 14.9. The van der Waals surface area contributed by atoms with Gasteiger partial charge in [-0.1, -0.05) is 24.3 Å². The van der Waals surface area contributed by atoms with Gasteiger partial charge < -0.3 is 14.5 Å². The van der Waals surface area contributed by atoms with Gasteiger partial charge in [0.25, 0.3) is 0 Å². The Hall–Kier alpha value is -2.20. The standard InChI is InChI=1S/C20H27N3O/c1-21(2)18-10-8-17(9-11-18)16-22-12-14-23(15-13-22)19-6-4-5-7-20(19)24-3/h4-11H,12-16H2,1-3H3. The molecule has 1 saturated heterocycles. The first-order valence-electron chi connectivity index (χ1n) is 8.54. The van der Waals surface area contributed by atoms with Crippen molar-refractivity contribution < 1.29 is 4.74 Å². The number of anilines is 2. The van der Waals surface area contributed by atoms with Gasteiger partial charge in [0, 0.05) is 52.5 Å². The van der Waals surface area contributed by atoms with Gasteiger partial charge >= 0.3 is 0 Å². The van der Waals surface area contributed by atoms with Crippen LogP contribution in [0.3, 0.4) is 0 Å². The van der Waals surface area contributed by atoms with Gasteiger partial charge in [-0.3, -0.25) is 4.90 Å². The maximum absolute atomic E-state index is 5.49. The summed E-state index contributed by atoms with van der Waals surface area (Å²) in [6.07, 6.45) is 0. The SMILES string of the molecule is COc1ccccc1N1CCN(Cc2ccc(N(C)C)cc2)CC1. The zero-order valence-corrected chi connectivity index (χ0v) is 14.9. The molecule has 1 aliphatic rings. The minimum absolute atomic E-state index is 0.963. The molecular weight excluding hydrogens is 298 g/mol. The molecule has 3 rings (SSSR count). The summed E-state index contributed by atoms with van der Waals surface area (Å²) in [5, 5.41) is 0. The number of ether oxygens (including phenoxy) is 1. The van der Waals surface area contributed by atoms with Crippen LogP contribution in [-0.4, -0.2) is 52.3 Å². The van der Waals surface area contributed by atoms with Crippen LogP contribution in [0.15, 0.2) is 48.5 Å². The molecule has 0 bridgehead atoms. The quantitative estimate of drug-likeness (QED) is 0.841. The summed E-state index contributed by atoms with van der Waals surface area (Å²) < 4.78 is 5.49. The first-order chi connectivity index (χ1) is 11.7. The van der Waals surface area contributed by atoms with E-state index in [9.17, 15) is 0 Å². The van der Waals surface area contributed by atoms with Crippen LogP contribution in [-0.2, 0) is 6.54 Å². The van der Waals surface area contributed by atoms with Crippen molar-refractivity contribution in [2.45, 2.75) is 6.54 Å². The third-order valence-electron chi connectivity index (χ3n) is 4.66. The molecule has 2 aromatic carbocycles. The summed E-state index contributed by atoms with van der Waals surface area (Å²) in [5.74, 6) is 0.963. The van der Waals surface area contributed by atoms with Gasteiger partial charge in [0.2, 0.25) is 0 Å². The summed E-state index contributed by atoms with van der Waals surface area (Å²) in [6, 6.07) is 17.2. The lowest BCUT2D eigenvalue weighted by molar-refractivity contribution is 0.249. The van der Waals surface area contributed by atoms with Crippen molar-refractivity contribution in [3.05, 3.63) is 54.1 Å². The molecule has 0 saturated carbocycles. The van der Waals surface area contributed by atoms with Crippen molar-refractivity contribution in [1.29, 1.82) is 0 Å². The van der Waals surface area contributed by atoms with Crippen LogP contribution in [0.25, 0.3) is 0 Å². The Labute approximate surface area is 145 Å². The summed E-state index contributed by atoms with van der Waals surface area (Å²) in [5.41, 5.74) is 3.83. The summed E-state index contributed by atoms with van der Waals surface area (Å²) in [4.78, 5) is 7.08. The number of methoxy groups -OCH3 is 1. The number of piperazine rings is 1. The molecule has 0 aromatic heterocycles. The second kappa shape index (κ2) is 7.58. The van der Waals surface area contributed by atoms with E-state index in [-0.39, 0.29) is 0 Å². The lowest BCUT2D eigenvalue weighted by Gasteiger charge is -2.36. The molecule has 1 aliphatic heterocycles. The van der Waals surface area contributed by atoms with Crippen molar-refractivity contribution in [2.24, 2.45) is 0 Å². The predicted octanol–water partition coefficient (Wildman–Crippen LogP) is 3.08. The summed E-state index contributed by atoms with van der Waals surface area (Å²) in [6.45, 7) is 5.25. The van der Waals surface area contributed by atoms with Crippen molar-refractivity contribution in [1.82, 2.24) is 4.90 Å². The number of para-hydroxylation sites is 2. The maximum atomic E-state index is 5.49. The third-order valence-corrected chi connectivity index (χ3v) is 4.66. The molecule has 0 unspecified atom stereocenters. The van der Waals surface area contributed by atoms with E-state index in [1.807, 2.05) is 12.1 Å². The molecule has 1 heterocycles. The van der Waals surface area contributed by atoms with E-state index < -0.39 is 0 Å². The molecule has 2 aromatic rings. The molecule has 0 aliphatic carbocycles. The molecule has 0 spiro atoms. The lowest BCUT2D eigenvalue weighted by Crippen LogP contribution is -2.46. The van der Waals surface area contributed by atoms with E-state index in [1.165, 1.54) is 16.9 Å². The monoisotopic (exact) mass is 325 g/mol. The molecule has 0 amide bonds. The highest BCUT2D eigenvalue weighted by Gasteiger charge is 2.19. The zero-order chi connectivity index (χ0) is 16.9. The number of nitrogens with zero attached hydrogens (tertiary/aromatic N) is 3. The molecule has 0 N–H and O–H groups in total. The molecule has 4 nitrogen and oxygen atoms in total. The maximum Gasteiger partial charge on any atom is 0.142 e. The fraction of sp³-hybridized carbons (Fsp3) is 0.400. The molecule has 24 heavy (non-hydrogen) atoms. The van der Waals surface area contributed by atoms with Crippen molar-refractivity contribution in [3.8, 4) is 5.75 Å². The van der Waals surface area contributed by atoms with Crippen LogP contribution >= 0.6 is 0 Å². The van der Waals surface area contributed by atoms with Gasteiger partial charge in [0.05, 0.1) is 12.8 Å². The minimum atomic E-state index is 0.963. The van der Waals surface area contributed by atoms with Crippen LogP contribution < -0.4 is 14.5 Å². The largest absolute Gasteiger partial charge is 0.495 e. The average molecular weight is 325 g/mol. The van der Waals surface area contributed by atoms with Crippen LogP contribution in [0.1, 0.15) is 5.56 Å². The molecule has 4 heteroatoms. The molecule has 1 fully saturated rings. The number of benzene rings is 2. The second-order valence-corrected chi connectivity index (χ2v) is 6.50. The Kier molecular flexibility index (Phi) is 5.26. The van der Waals surface area contributed by atoms with Crippen molar-refractivity contribution in [3.63, 3.8) is 0 Å². The highest BCUT2D eigenvalue weighted by molar-refractivity contribution is 5.58. The van der Waals surface area contributed by atoms with Crippen LogP contribution in [0.2, 0.25) is 0 Å². The van der Waals surface area contributed by atoms with E-state index in [0.717, 1.165) is 38.5 Å². The van der Waals surface area contributed by atoms with E-state index in [2.05, 4.69) is 65.2 Å². The van der Waals surface area contributed by atoms with Crippen LogP contribution in [0.4, 0.5) is 11.4 Å². The van der Waals surface area contributed by atoms with Crippen molar-refractivity contribution in [2.75, 3.05) is 57.2 Å². The molecular formula is C20H27N3O. The number of hydrogen-bond donors (Lipinski definition) is 0. The Morgan fingerprint density at radius 2 is 1.58 bits per heavy atom. The lowest BCUT2D eigenvalue weighted by atomic mass is 10.1. The number of rotatable bonds is 5. The number of hydrogen-bond acceptors (Lipinski definition) is 4. The highest BCUT2D eigenvalue weighted by atomic mass is 16.5. The van der Waals surface area contributed by atoms with E-state index in [1.54, 1.807) is 7.11 Å². The van der Waals surface area contributed by atoms with Crippen LogP contribution in [0.5, 0.6) is 5.75 Å². The molecule has 0 radical (unpaired) electrons. The smallest absolute Gasteiger partial charge is 0.142 e. The Morgan fingerprint density at radius 3 is 2.21 bits per heavy atom. The normalized spacial score (nSPS) is 15.4. The van der Waals surface area contributed by atoms with Gasteiger partial charge in [-0.2, -0.15) is 0 Å². The molecule has 128 valence electrons. The fourth-order valence-electron chi connectivity index (χ4n) is 3.20. The summed E-state index contributed by atoms with van der Waals surface area (Å²) >= 11 is 0. The fourth-order valence-corrected chi connectivity index (χ4v) is 3.20. The van der Waals surface area contributed by atoms with E-state index in [4.69, 9.17) is 4.74 Å². The van der Waals surface area contributed by atoms with Crippen LogP contribution in [0, 0.1) is 0 Å². The van der Waals surface area contributed by atoms with E-state index in [0.29, 0.717) is 0 Å². The van der Waals surface area contributed by atoms with Gasteiger partial charge in [0.1, 0.15) is 5.75 Å². The Morgan fingerprint density at radius 1 is 0.917 bits per heavy atom. The van der Waals surface area contributed by atoms with E-state index >= 15 is 0 Å². The molecule has 0 atom stereocenters. The van der Waals surface area contributed by atoms with Gasteiger partial charge in [-0.05, 0) is 29.8 Å². The topological polar surface area (TPSA) is 19.0 Å². The Bertz CT molecular complexity index is 646.